The van der Waals surface area contributed by atoms with Crippen molar-refractivity contribution in [2.75, 3.05) is 4.72 Å². The molecule has 1 aliphatic carbocycles. The van der Waals surface area contributed by atoms with Crippen LogP contribution in [0.15, 0.2) is 24.3 Å². The topological polar surface area (TPSA) is 46.2 Å². The van der Waals surface area contributed by atoms with E-state index >= 15 is 0 Å². The van der Waals surface area contributed by atoms with E-state index in [1.54, 1.807) is 6.07 Å². The van der Waals surface area contributed by atoms with E-state index in [-0.39, 0.29) is 5.25 Å². The monoisotopic (exact) mass is 351 g/mol. The molecular formula is C11H14INO2S. The lowest BCUT2D eigenvalue weighted by molar-refractivity contribution is 0.585. The first-order chi connectivity index (χ1) is 7.58. The molecule has 0 spiro atoms. The summed E-state index contributed by atoms with van der Waals surface area (Å²) in [5.74, 6) is 0. The third kappa shape index (κ3) is 2.88. The standard InChI is InChI=1S/C11H14INO2S/c12-9-4-3-5-10(8-9)13-16(14,15)11-6-1-2-7-11/h3-5,8,11,13H,1-2,6-7H2. The Hall–Kier alpha value is -0.300. The lowest BCUT2D eigenvalue weighted by Gasteiger charge is -2.13. The molecule has 1 aromatic rings. The van der Waals surface area contributed by atoms with Gasteiger partial charge in [0.1, 0.15) is 0 Å². The van der Waals surface area contributed by atoms with Gasteiger partial charge in [0.25, 0.3) is 0 Å². The zero-order chi connectivity index (χ0) is 11.6. The average Bonchev–Trinajstić information content (AvgIpc) is 2.69. The molecule has 0 unspecified atom stereocenters. The molecule has 0 radical (unpaired) electrons. The van der Waals surface area contributed by atoms with Gasteiger partial charge in [0.15, 0.2) is 0 Å². The van der Waals surface area contributed by atoms with Crippen LogP contribution in [0.4, 0.5) is 5.69 Å². The van der Waals surface area contributed by atoms with E-state index in [4.69, 9.17) is 0 Å². The molecule has 0 amide bonds. The molecule has 0 bridgehead atoms. The van der Waals surface area contributed by atoms with Crippen LogP contribution in [0.2, 0.25) is 0 Å². The quantitative estimate of drug-likeness (QED) is 0.851. The number of hydrogen-bond donors (Lipinski definition) is 1. The summed E-state index contributed by atoms with van der Waals surface area (Å²) < 4.78 is 27.7. The van der Waals surface area contributed by atoms with Gasteiger partial charge in [-0.15, -0.1) is 0 Å². The van der Waals surface area contributed by atoms with Crippen LogP contribution in [0.25, 0.3) is 0 Å². The molecule has 88 valence electrons. The first-order valence-corrected chi connectivity index (χ1v) is 7.98. The minimum Gasteiger partial charge on any atom is -0.283 e. The van der Waals surface area contributed by atoms with Gasteiger partial charge in [-0.2, -0.15) is 0 Å². The van der Waals surface area contributed by atoms with E-state index in [1.165, 1.54) is 0 Å². The lowest BCUT2D eigenvalue weighted by Crippen LogP contribution is -2.25. The highest BCUT2D eigenvalue weighted by Gasteiger charge is 2.28. The molecule has 1 aliphatic rings. The van der Waals surface area contributed by atoms with Crippen LogP contribution in [-0.4, -0.2) is 13.7 Å². The maximum Gasteiger partial charge on any atom is 0.235 e. The summed E-state index contributed by atoms with van der Waals surface area (Å²) in [5.41, 5.74) is 0.666. The maximum atomic E-state index is 12.0. The van der Waals surface area contributed by atoms with Crippen molar-refractivity contribution < 1.29 is 8.42 Å². The largest absolute Gasteiger partial charge is 0.283 e. The molecule has 1 fully saturated rings. The van der Waals surface area contributed by atoms with Crippen molar-refractivity contribution in [3.63, 3.8) is 0 Å². The Morgan fingerprint density at radius 3 is 2.56 bits per heavy atom. The fourth-order valence-electron chi connectivity index (χ4n) is 2.00. The molecule has 1 saturated carbocycles. The number of anilines is 1. The number of halogens is 1. The summed E-state index contributed by atoms with van der Waals surface area (Å²) in [5, 5.41) is -0.203. The van der Waals surface area contributed by atoms with Gasteiger partial charge in [-0.3, -0.25) is 4.72 Å². The molecule has 2 rings (SSSR count). The van der Waals surface area contributed by atoms with Crippen molar-refractivity contribution in [3.05, 3.63) is 27.8 Å². The zero-order valence-corrected chi connectivity index (χ0v) is 11.8. The summed E-state index contributed by atoms with van der Waals surface area (Å²) >= 11 is 2.17. The van der Waals surface area contributed by atoms with Gasteiger partial charge in [0.2, 0.25) is 10.0 Å². The van der Waals surface area contributed by atoms with Crippen molar-refractivity contribution in [1.29, 1.82) is 0 Å². The lowest BCUT2D eigenvalue weighted by atomic mass is 10.3. The minimum atomic E-state index is -3.18. The van der Waals surface area contributed by atoms with Crippen molar-refractivity contribution in [2.24, 2.45) is 0 Å². The number of sulfonamides is 1. The van der Waals surface area contributed by atoms with Gasteiger partial charge in [0, 0.05) is 9.26 Å². The van der Waals surface area contributed by atoms with Crippen molar-refractivity contribution in [2.45, 2.75) is 30.9 Å². The predicted octanol–water partition coefficient (Wildman–Crippen LogP) is 2.98. The van der Waals surface area contributed by atoms with Crippen molar-refractivity contribution in [3.8, 4) is 0 Å². The third-order valence-electron chi connectivity index (χ3n) is 2.83. The van der Waals surface area contributed by atoms with E-state index in [0.717, 1.165) is 29.3 Å². The van der Waals surface area contributed by atoms with Gasteiger partial charge < -0.3 is 0 Å². The summed E-state index contributed by atoms with van der Waals surface area (Å²) in [6.07, 6.45) is 3.63. The molecule has 1 N–H and O–H groups in total. The molecule has 0 heterocycles. The summed E-state index contributed by atoms with van der Waals surface area (Å²) in [4.78, 5) is 0. The highest BCUT2D eigenvalue weighted by Crippen LogP contribution is 2.26. The Bertz CT molecular complexity index is 467. The summed E-state index contributed by atoms with van der Waals surface area (Å²) in [6, 6.07) is 7.42. The van der Waals surface area contributed by atoms with Gasteiger partial charge >= 0.3 is 0 Å². The zero-order valence-electron chi connectivity index (χ0n) is 8.82. The van der Waals surface area contributed by atoms with Crippen LogP contribution in [0.3, 0.4) is 0 Å². The molecular weight excluding hydrogens is 337 g/mol. The second-order valence-electron chi connectivity index (χ2n) is 4.06. The van der Waals surface area contributed by atoms with Crippen molar-refractivity contribution >= 4 is 38.3 Å². The molecule has 3 nitrogen and oxygen atoms in total. The highest BCUT2D eigenvalue weighted by atomic mass is 127. The molecule has 1 aromatic carbocycles. The molecule has 16 heavy (non-hydrogen) atoms. The molecule has 5 heteroatoms. The number of rotatable bonds is 3. The minimum absolute atomic E-state index is 0.203. The normalized spacial score (nSPS) is 17.6. The van der Waals surface area contributed by atoms with E-state index < -0.39 is 10.0 Å². The van der Waals surface area contributed by atoms with Crippen LogP contribution in [-0.2, 0) is 10.0 Å². The number of nitrogens with one attached hydrogen (secondary N) is 1. The van der Waals surface area contributed by atoms with Crippen LogP contribution in [0.1, 0.15) is 25.7 Å². The van der Waals surface area contributed by atoms with E-state index in [2.05, 4.69) is 27.3 Å². The van der Waals surface area contributed by atoms with Crippen LogP contribution < -0.4 is 4.72 Å². The Morgan fingerprint density at radius 1 is 1.25 bits per heavy atom. The fourth-order valence-corrected chi connectivity index (χ4v) is 4.12. The first-order valence-electron chi connectivity index (χ1n) is 5.35. The third-order valence-corrected chi connectivity index (χ3v) is 5.37. The number of benzene rings is 1. The predicted molar refractivity (Wildman–Crippen MR) is 74.0 cm³/mol. The van der Waals surface area contributed by atoms with E-state index in [1.807, 2.05) is 18.2 Å². The van der Waals surface area contributed by atoms with Gasteiger partial charge in [0.05, 0.1) is 5.25 Å². The summed E-state index contributed by atoms with van der Waals surface area (Å²) in [7, 11) is -3.18. The van der Waals surface area contributed by atoms with Crippen LogP contribution in [0.5, 0.6) is 0 Å². The van der Waals surface area contributed by atoms with Crippen LogP contribution in [0, 0.1) is 3.57 Å². The van der Waals surface area contributed by atoms with Crippen LogP contribution >= 0.6 is 22.6 Å². The maximum absolute atomic E-state index is 12.0. The molecule has 0 saturated heterocycles. The molecule has 0 aliphatic heterocycles. The Labute approximate surface area is 110 Å². The van der Waals surface area contributed by atoms with Crippen molar-refractivity contribution in [1.82, 2.24) is 0 Å². The second kappa shape index (κ2) is 4.91. The smallest absolute Gasteiger partial charge is 0.235 e. The molecule has 0 aromatic heterocycles. The average molecular weight is 351 g/mol. The number of hydrogen-bond acceptors (Lipinski definition) is 2. The highest BCUT2D eigenvalue weighted by molar-refractivity contribution is 14.1. The van der Waals surface area contributed by atoms with E-state index in [9.17, 15) is 8.42 Å². The van der Waals surface area contributed by atoms with Gasteiger partial charge in [-0.1, -0.05) is 18.9 Å². The van der Waals surface area contributed by atoms with E-state index in [0.29, 0.717) is 5.69 Å². The molecule has 0 atom stereocenters. The van der Waals surface area contributed by atoms with Gasteiger partial charge in [-0.05, 0) is 53.6 Å². The summed E-state index contributed by atoms with van der Waals surface area (Å²) in [6.45, 7) is 0. The second-order valence-corrected chi connectivity index (χ2v) is 7.27. The Balaban J connectivity index is 2.14. The first kappa shape index (κ1) is 12.2. The SMILES string of the molecule is O=S(=O)(Nc1cccc(I)c1)C1CCCC1. The Morgan fingerprint density at radius 2 is 1.94 bits per heavy atom. The Kier molecular flexibility index (Phi) is 3.73. The fraction of sp³-hybridized carbons (Fsp3) is 0.455. The van der Waals surface area contributed by atoms with Gasteiger partial charge in [-0.25, -0.2) is 8.42 Å².